The van der Waals surface area contributed by atoms with Crippen LogP contribution in [-0.2, 0) is 9.47 Å². The van der Waals surface area contributed by atoms with Crippen LogP contribution in [0.3, 0.4) is 0 Å². The zero-order valence-electron chi connectivity index (χ0n) is 13.3. The van der Waals surface area contributed by atoms with Crippen molar-refractivity contribution in [2.45, 2.75) is 71.4 Å². The van der Waals surface area contributed by atoms with Crippen molar-refractivity contribution in [1.29, 1.82) is 0 Å². The Morgan fingerprint density at radius 1 is 1.26 bits per heavy atom. The van der Waals surface area contributed by atoms with Crippen LogP contribution in [0.1, 0.15) is 59.8 Å². The monoisotopic (exact) mass is 271 g/mol. The molecule has 1 aliphatic heterocycles. The molecule has 1 N–H and O–H groups in total. The van der Waals surface area contributed by atoms with E-state index in [0.29, 0.717) is 12.0 Å². The van der Waals surface area contributed by atoms with Crippen LogP contribution < -0.4 is 5.32 Å². The van der Waals surface area contributed by atoms with Crippen LogP contribution in [0.4, 0.5) is 0 Å². The molecule has 0 spiro atoms. The second kappa shape index (κ2) is 8.93. The van der Waals surface area contributed by atoms with Gasteiger partial charge in [-0.2, -0.15) is 0 Å². The number of nitrogens with one attached hydrogen (secondary N) is 1. The zero-order chi connectivity index (χ0) is 14.1. The third-order valence-electron chi connectivity index (χ3n) is 4.48. The second-order valence-electron chi connectivity index (χ2n) is 5.61. The summed E-state index contributed by atoms with van der Waals surface area (Å²) in [6, 6.07) is 0.419. The Labute approximate surface area is 119 Å². The highest BCUT2D eigenvalue weighted by atomic mass is 16.5. The SMILES string of the molecule is CCCNC(C1CCCOC1)C(CC)(CC)OCC. The molecule has 114 valence electrons. The molecule has 3 heteroatoms. The summed E-state index contributed by atoms with van der Waals surface area (Å²) in [6.45, 7) is 12.5. The summed E-state index contributed by atoms with van der Waals surface area (Å²) in [6.07, 6.45) is 5.74. The largest absolute Gasteiger partial charge is 0.381 e. The minimum Gasteiger partial charge on any atom is -0.381 e. The second-order valence-corrected chi connectivity index (χ2v) is 5.61. The first-order valence-corrected chi connectivity index (χ1v) is 8.19. The van der Waals surface area contributed by atoms with Gasteiger partial charge in [0.1, 0.15) is 0 Å². The average Bonchev–Trinajstić information content (AvgIpc) is 2.47. The first-order valence-electron chi connectivity index (χ1n) is 8.19. The molecule has 1 saturated heterocycles. The Balaban J connectivity index is 2.83. The van der Waals surface area contributed by atoms with Gasteiger partial charge in [-0.3, -0.25) is 0 Å². The molecule has 1 aliphatic rings. The van der Waals surface area contributed by atoms with E-state index >= 15 is 0 Å². The molecule has 1 fully saturated rings. The van der Waals surface area contributed by atoms with Gasteiger partial charge in [0.2, 0.25) is 0 Å². The van der Waals surface area contributed by atoms with E-state index in [1.165, 1.54) is 19.3 Å². The molecule has 0 aromatic rings. The van der Waals surface area contributed by atoms with Gasteiger partial charge in [0.15, 0.2) is 0 Å². The van der Waals surface area contributed by atoms with Crippen LogP contribution in [0.5, 0.6) is 0 Å². The van der Waals surface area contributed by atoms with Crippen LogP contribution in [0, 0.1) is 5.92 Å². The van der Waals surface area contributed by atoms with E-state index < -0.39 is 0 Å². The van der Waals surface area contributed by atoms with Crippen molar-refractivity contribution in [3.05, 3.63) is 0 Å². The zero-order valence-corrected chi connectivity index (χ0v) is 13.3. The van der Waals surface area contributed by atoms with Gasteiger partial charge in [-0.05, 0) is 45.6 Å². The topological polar surface area (TPSA) is 30.5 Å². The van der Waals surface area contributed by atoms with Crippen molar-refractivity contribution >= 4 is 0 Å². The van der Waals surface area contributed by atoms with E-state index in [1.807, 2.05) is 0 Å². The highest BCUT2D eigenvalue weighted by molar-refractivity contribution is 4.96. The molecule has 2 unspecified atom stereocenters. The van der Waals surface area contributed by atoms with E-state index in [2.05, 4.69) is 33.0 Å². The van der Waals surface area contributed by atoms with Crippen molar-refractivity contribution in [2.75, 3.05) is 26.4 Å². The van der Waals surface area contributed by atoms with Crippen LogP contribution in [0.2, 0.25) is 0 Å². The standard InChI is InChI=1S/C16H33NO2/c1-5-11-17-15(14-10-9-12-18-13-14)16(6-2,7-3)19-8-4/h14-15,17H,5-13H2,1-4H3. The van der Waals surface area contributed by atoms with Crippen molar-refractivity contribution in [1.82, 2.24) is 5.32 Å². The number of ether oxygens (including phenoxy) is 2. The fraction of sp³-hybridized carbons (Fsp3) is 1.00. The molecule has 0 aromatic heterocycles. The van der Waals surface area contributed by atoms with Gasteiger partial charge < -0.3 is 14.8 Å². The lowest BCUT2D eigenvalue weighted by Crippen LogP contribution is -2.57. The third-order valence-corrected chi connectivity index (χ3v) is 4.48. The first-order chi connectivity index (χ1) is 9.24. The van der Waals surface area contributed by atoms with Gasteiger partial charge >= 0.3 is 0 Å². The summed E-state index contributed by atoms with van der Waals surface area (Å²) in [7, 11) is 0. The average molecular weight is 271 g/mol. The van der Waals surface area contributed by atoms with E-state index in [-0.39, 0.29) is 5.60 Å². The van der Waals surface area contributed by atoms with Gasteiger partial charge in [-0.1, -0.05) is 20.8 Å². The predicted octanol–water partition coefficient (Wildman–Crippen LogP) is 3.38. The summed E-state index contributed by atoms with van der Waals surface area (Å²) in [5, 5.41) is 3.76. The normalized spacial score (nSPS) is 22.4. The molecular weight excluding hydrogens is 238 g/mol. The predicted molar refractivity (Wildman–Crippen MR) is 80.6 cm³/mol. The molecule has 2 atom stereocenters. The molecule has 19 heavy (non-hydrogen) atoms. The maximum absolute atomic E-state index is 6.22. The maximum Gasteiger partial charge on any atom is 0.0832 e. The molecule has 0 saturated carbocycles. The summed E-state index contributed by atoms with van der Waals surface area (Å²) in [5.74, 6) is 0.590. The van der Waals surface area contributed by atoms with Crippen molar-refractivity contribution in [3.63, 3.8) is 0 Å². The minimum atomic E-state index is -0.0325. The highest BCUT2D eigenvalue weighted by Crippen LogP contribution is 2.33. The highest BCUT2D eigenvalue weighted by Gasteiger charge is 2.41. The van der Waals surface area contributed by atoms with Gasteiger partial charge in [-0.15, -0.1) is 0 Å². The Bertz CT molecular complexity index is 223. The molecule has 0 aliphatic carbocycles. The Morgan fingerprint density at radius 3 is 2.47 bits per heavy atom. The maximum atomic E-state index is 6.22. The Morgan fingerprint density at radius 2 is 2.00 bits per heavy atom. The summed E-state index contributed by atoms with van der Waals surface area (Å²) in [5.41, 5.74) is -0.0325. The molecule has 0 amide bonds. The number of hydrogen-bond acceptors (Lipinski definition) is 3. The quantitative estimate of drug-likeness (QED) is 0.697. The number of rotatable bonds is 9. The summed E-state index contributed by atoms with van der Waals surface area (Å²) >= 11 is 0. The molecule has 1 heterocycles. The van der Waals surface area contributed by atoms with E-state index in [4.69, 9.17) is 9.47 Å². The number of hydrogen-bond donors (Lipinski definition) is 1. The van der Waals surface area contributed by atoms with Gasteiger partial charge in [-0.25, -0.2) is 0 Å². The Hall–Kier alpha value is -0.120. The first kappa shape index (κ1) is 16.9. The van der Waals surface area contributed by atoms with Crippen LogP contribution >= 0.6 is 0 Å². The van der Waals surface area contributed by atoms with E-state index in [0.717, 1.165) is 39.2 Å². The fourth-order valence-corrected chi connectivity index (χ4v) is 3.38. The lowest BCUT2D eigenvalue weighted by atomic mass is 9.78. The third kappa shape index (κ3) is 4.44. The van der Waals surface area contributed by atoms with Gasteiger partial charge in [0, 0.05) is 25.2 Å². The summed E-state index contributed by atoms with van der Waals surface area (Å²) < 4.78 is 11.9. The lowest BCUT2D eigenvalue weighted by Gasteiger charge is -2.45. The van der Waals surface area contributed by atoms with E-state index in [9.17, 15) is 0 Å². The molecule has 0 aromatic carbocycles. The molecular formula is C16H33NO2. The lowest BCUT2D eigenvalue weighted by molar-refractivity contribution is -0.101. The smallest absolute Gasteiger partial charge is 0.0832 e. The van der Waals surface area contributed by atoms with Gasteiger partial charge in [0.05, 0.1) is 12.2 Å². The molecule has 3 nitrogen and oxygen atoms in total. The van der Waals surface area contributed by atoms with Gasteiger partial charge in [0.25, 0.3) is 0 Å². The van der Waals surface area contributed by atoms with E-state index in [1.54, 1.807) is 0 Å². The minimum absolute atomic E-state index is 0.0325. The molecule has 0 radical (unpaired) electrons. The van der Waals surface area contributed by atoms with Crippen LogP contribution in [-0.4, -0.2) is 38.0 Å². The molecule has 0 bridgehead atoms. The Kier molecular flexibility index (Phi) is 7.96. The van der Waals surface area contributed by atoms with Crippen molar-refractivity contribution < 1.29 is 9.47 Å². The van der Waals surface area contributed by atoms with Crippen LogP contribution in [0.25, 0.3) is 0 Å². The van der Waals surface area contributed by atoms with Crippen molar-refractivity contribution in [3.8, 4) is 0 Å². The molecule has 1 rings (SSSR count). The van der Waals surface area contributed by atoms with Crippen molar-refractivity contribution in [2.24, 2.45) is 5.92 Å². The fourth-order valence-electron chi connectivity index (χ4n) is 3.38. The van der Waals surface area contributed by atoms with Crippen LogP contribution in [0.15, 0.2) is 0 Å². The summed E-state index contributed by atoms with van der Waals surface area (Å²) in [4.78, 5) is 0.